The fourth-order valence-electron chi connectivity index (χ4n) is 3.06. The largest absolute Gasteiger partial charge is 0.493 e. The lowest BCUT2D eigenvalue weighted by molar-refractivity contribution is -0.131. The molecule has 1 heterocycles. The molecule has 6 nitrogen and oxygen atoms in total. The number of fused-ring (bicyclic) bond motifs is 1. The molecule has 0 fully saturated rings. The highest BCUT2D eigenvalue weighted by Crippen LogP contribution is 2.31. The van der Waals surface area contributed by atoms with Crippen molar-refractivity contribution < 1.29 is 14.3 Å². The minimum Gasteiger partial charge on any atom is -0.493 e. The number of thiazole rings is 1. The van der Waals surface area contributed by atoms with Crippen LogP contribution >= 0.6 is 11.3 Å². The van der Waals surface area contributed by atoms with E-state index in [0.717, 1.165) is 20.8 Å². The van der Waals surface area contributed by atoms with E-state index < -0.39 is 0 Å². The Hall–Kier alpha value is -2.64. The lowest BCUT2D eigenvalue weighted by atomic mass is 10.1. The van der Waals surface area contributed by atoms with Crippen molar-refractivity contribution in [3.63, 3.8) is 0 Å². The number of likely N-dealkylation sites (N-methyl/N-ethyl adjacent to an activating group) is 2. The van der Waals surface area contributed by atoms with Gasteiger partial charge in [0.1, 0.15) is 5.01 Å². The number of rotatable bonds is 8. The summed E-state index contributed by atoms with van der Waals surface area (Å²) in [6.45, 7) is 1.40. The minimum atomic E-state index is 0.0450. The van der Waals surface area contributed by atoms with Crippen molar-refractivity contribution in [2.24, 2.45) is 0 Å². The van der Waals surface area contributed by atoms with Crippen LogP contribution in [0.4, 0.5) is 0 Å². The first-order valence-electron chi connectivity index (χ1n) is 8.98. The zero-order chi connectivity index (χ0) is 20.1. The van der Waals surface area contributed by atoms with Crippen LogP contribution in [0.5, 0.6) is 11.5 Å². The number of aromatic nitrogens is 1. The van der Waals surface area contributed by atoms with Crippen LogP contribution < -0.4 is 9.47 Å². The summed E-state index contributed by atoms with van der Waals surface area (Å²) in [5.74, 6) is 1.43. The fraction of sp³-hybridized carbons (Fsp3) is 0.333. The zero-order valence-electron chi connectivity index (χ0n) is 16.6. The van der Waals surface area contributed by atoms with Gasteiger partial charge in [0.15, 0.2) is 11.5 Å². The highest BCUT2D eigenvalue weighted by Gasteiger charge is 2.16. The smallest absolute Gasteiger partial charge is 0.236 e. The first kappa shape index (κ1) is 20.1. The number of para-hydroxylation sites is 2. The average Bonchev–Trinajstić information content (AvgIpc) is 3.09. The molecule has 0 aliphatic heterocycles. The molecule has 0 spiro atoms. The summed E-state index contributed by atoms with van der Waals surface area (Å²) in [5, 5.41) is 0.939. The number of carbonyl (C=O) groups is 1. The highest BCUT2D eigenvalue weighted by molar-refractivity contribution is 7.18. The summed E-state index contributed by atoms with van der Waals surface area (Å²) in [4.78, 5) is 20.9. The van der Waals surface area contributed by atoms with E-state index in [1.807, 2.05) is 61.5 Å². The Labute approximate surface area is 169 Å². The van der Waals surface area contributed by atoms with Crippen LogP contribution in [0.1, 0.15) is 10.6 Å². The van der Waals surface area contributed by atoms with Crippen molar-refractivity contribution in [1.29, 1.82) is 0 Å². The van der Waals surface area contributed by atoms with Gasteiger partial charge in [0, 0.05) is 19.2 Å². The van der Waals surface area contributed by atoms with Gasteiger partial charge in [-0.3, -0.25) is 9.69 Å². The molecule has 28 heavy (non-hydrogen) atoms. The maximum Gasteiger partial charge on any atom is 0.236 e. The van der Waals surface area contributed by atoms with E-state index >= 15 is 0 Å². The molecule has 0 radical (unpaired) electrons. The van der Waals surface area contributed by atoms with E-state index in [1.165, 1.54) is 0 Å². The Kier molecular flexibility index (Phi) is 6.49. The number of benzene rings is 2. The average molecular weight is 400 g/mol. The van der Waals surface area contributed by atoms with Crippen molar-refractivity contribution in [1.82, 2.24) is 14.8 Å². The first-order valence-corrected chi connectivity index (χ1v) is 9.80. The summed E-state index contributed by atoms with van der Waals surface area (Å²) in [7, 11) is 6.97. The minimum absolute atomic E-state index is 0.0450. The van der Waals surface area contributed by atoms with Crippen LogP contribution in [0.2, 0.25) is 0 Å². The van der Waals surface area contributed by atoms with Crippen molar-refractivity contribution in [2.75, 3.05) is 34.9 Å². The third kappa shape index (κ3) is 4.61. The van der Waals surface area contributed by atoms with Gasteiger partial charge in [0.25, 0.3) is 0 Å². The predicted molar refractivity (Wildman–Crippen MR) is 112 cm³/mol. The quantitative estimate of drug-likeness (QED) is 0.581. The molecule has 0 bridgehead atoms. The number of amides is 1. The monoisotopic (exact) mass is 399 g/mol. The molecule has 1 aromatic heterocycles. The van der Waals surface area contributed by atoms with E-state index in [4.69, 9.17) is 9.47 Å². The molecular formula is C21H25N3O3S. The van der Waals surface area contributed by atoms with Crippen molar-refractivity contribution in [3.8, 4) is 11.5 Å². The third-order valence-corrected chi connectivity index (χ3v) is 5.49. The molecular weight excluding hydrogens is 374 g/mol. The van der Waals surface area contributed by atoms with Gasteiger partial charge in [0.2, 0.25) is 5.91 Å². The number of carbonyl (C=O) groups excluding carboxylic acids is 1. The SMILES string of the molecule is COc1cccc(CN(C)CC(=O)N(C)Cc2nc3ccccc3s2)c1OC. The van der Waals surface area contributed by atoms with E-state index in [0.29, 0.717) is 31.1 Å². The molecule has 0 aliphatic carbocycles. The normalized spacial score (nSPS) is 11.0. The molecule has 0 unspecified atom stereocenters. The molecule has 0 N–H and O–H groups in total. The number of hydrogen-bond acceptors (Lipinski definition) is 6. The van der Waals surface area contributed by atoms with Crippen molar-refractivity contribution >= 4 is 27.5 Å². The van der Waals surface area contributed by atoms with Crippen LogP contribution in [0, 0.1) is 0 Å². The molecule has 0 atom stereocenters. The first-order chi connectivity index (χ1) is 13.5. The summed E-state index contributed by atoms with van der Waals surface area (Å²) in [5.41, 5.74) is 1.96. The van der Waals surface area contributed by atoms with Crippen LogP contribution in [0.25, 0.3) is 10.2 Å². The molecule has 0 saturated heterocycles. The molecule has 1 amide bonds. The summed E-state index contributed by atoms with van der Waals surface area (Å²) in [6.07, 6.45) is 0. The molecule has 2 aromatic carbocycles. The fourth-order valence-corrected chi connectivity index (χ4v) is 4.08. The number of nitrogens with zero attached hydrogens (tertiary/aromatic N) is 3. The van der Waals surface area contributed by atoms with Gasteiger partial charge in [-0.05, 0) is 25.2 Å². The maximum absolute atomic E-state index is 12.6. The van der Waals surface area contributed by atoms with Crippen molar-refractivity contribution in [3.05, 3.63) is 53.0 Å². The molecule has 0 saturated carbocycles. The number of methoxy groups -OCH3 is 2. The zero-order valence-corrected chi connectivity index (χ0v) is 17.5. The Morgan fingerprint density at radius 1 is 1.04 bits per heavy atom. The van der Waals surface area contributed by atoms with Crippen LogP contribution in [0.15, 0.2) is 42.5 Å². The summed E-state index contributed by atoms with van der Waals surface area (Å²) >= 11 is 1.62. The van der Waals surface area contributed by atoms with Gasteiger partial charge in [-0.25, -0.2) is 4.98 Å². The van der Waals surface area contributed by atoms with E-state index in [1.54, 1.807) is 30.5 Å². The van der Waals surface area contributed by atoms with Crippen LogP contribution in [0.3, 0.4) is 0 Å². The standard InChI is InChI=1S/C21H25N3O3S/c1-23(12-15-8-7-10-17(26-3)21(15)27-4)14-20(25)24(2)13-19-22-16-9-5-6-11-18(16)28-19/h5-11H,12-14H2,1-4H3. The Balaban J connectivity index is 1.60. The van der Waals surface area contributed by atoms with Gasteiger partial charge in [0.05, 0.1) is 37.5 Å². The van der Waals surface area contributed by atoms with Gasteiger partial charge in [-0.1, -0.05) is 24.3 Å². The maximum atomic E-state index is 12.6. The van der Waals surface area contributed by atoms with E-state index in [9.17, 15) is 4.79 Å². The lowest BCUT2D eigenvalue weighted by Crippen LogP contribution is -2.36. The second-order valence-electron chi connectivity index (χ2n) is 6.65. The highest BCUT2D eigenvalue weighted by atomic mass is 32.1. The predicted octanol–water partition coefficient (Wildman–Crippen LogP) is 3.40. The van der Waals surface area contributed by atoms with Gasteiger partial charge in [-0.2, -0.15) is 0 Å². The third-order valence-electron chi connectivity index (χ3n) is 4.47. The topological polar surface area (TPSA) is 54.9 Å². The summed E-state index contributed by atoms with van der Waals surface area (Å²) < 4.78 is 12.0. The molecule has 7 heteroatoms. The van der Waals surface area contributed by atoms with Crippen molar-refractivity contribution in [2.45, 2.75) is 13.1 Å². The molecule has 3 rings (SSSR count). The Morgan fingerprint density at radius 3 is 2.54 bits per heavy atom. The van der Waals surface area contributed by atoms with Crippen LogP contribution in [-0.4, -0.2) is 55.6 Å². The number of ether oxygens (including phenoxy) is 2. The number of hydrogen-bond donors (Lipinski definition) is 0. The van der Waals surface area contributed by atoms with Gasteiger partial charge < -0.3 is 14.4 Å². The molecule has 0 aliphatic rings. The Bertz CT molecular complexity index is 924. The lowest BCUT2D eigenvalue weighted by Gasteiger charge is -2.22. The second-order valence-corrected chi connectivity index (χ2v) is 7.77. The van der Waals surface area contributed by atoms with Gasteiger partial charge >= 0.3 is 0 Å². The van der Waals surface area contributed by atoms with E-state index in [-0.39, 0.29) is 5.91 Å². The van der Waals surface area contributed by atoms with E-state index in [2.05, 4.69) is 4.98 Å². The van der Waals surface area contributed by atoms with Gasteiger partial charge in [-0.15, -0.1) is 11.3 Å². The second kappa shape index (κ2) is 9.03. The molecule has 148 valence electrons. The molecule has 3 aromatic rings. The summed E-state index contributed by atoms with van der Waals surface area (Å²) in [6, 6.07) is 13.8. The van der Waals surface area contributed by atoms with Crippen LogP contribution in [-0.2, 0) is 17.9 Å². The Morgan fingerprint density at radius 2 is 1.82 bits per heavy atom.